The monoisotopic (exact) mass is 428 g/mol. The number of hydrogen-bond donors (Lipinski definition) is 1. The number of carbonyl (C=O) groups is 1. The molecule has 3 aromatic rings. The van der Waals surface area contributed by atoms with Crippen LogP contribution in [0.15, 0.2) is 30.6 Å². The molecule has 0 spiro atoms. The van der Waals surface area contributed by atoms with Crippen molar-refractivity contribution in [3.8, 4) is 0 Å². The average Bonchev–Trinajstić information content (AvgIpc) is 3.02. The highest BCUT2D eigenvalue weighted by Crippen LogP contribution is 2.35. The molecule has 3 heterocycles. The normalized spacial score (nSPS) is 16.2. The predicted molar refractivity (Wildman–Crippen MR) is 120 cm³/mol. The van der Waals surface area contributed by atoms with E-state index in [1.165, 1.54) is 10.4 Å². The third kappa shape index (κ3) is 3.96. The zero-order valence-corrected chi connectivity index (χ0v) is 18.5. The van der Waals surface area contributed by atoms with Crippen LogP contribution in [0.4, 0.5) is 5.82 Å². The lowest BCUT2D eigenvalue weighted by atomic mass is 9.95. The van der Waals surface area contributed by atoms with Crippen LogP contribution < -0.4 is 10.2 Å². The first-order valence-electron chi connectivity index (χ1n) is 9.96. The summed E-state index contributed by atoms with van der Waals surface area (Å²) < 4.78 is 0. The van der Waals surface area contributed by atoms with Crippen LogP contribution >= 0.6 is 22.9 Å². The standard InChI is InChI=1S/C22H25ClN4OS/c1-13-15(3)29-22-19(13)20(24-12-25-22)27-10-8-16(9-11-27)21(28)26-14(2)17-6-4-5-7-18(17)23/h4-7,12,14,16H,8-11H2,1-3H3,(H,26,28). The van der Waals surface area contributed by atoms with Crippen molar-refractivity contribution < 1.29 is 4.79 Å². The van der Waals surface area contributed by atoms with Gasteiger partial charge in [-0.1, -0.05) is 29.8 Å². The fraction of sp³-hybridized carbons (Fsp3) is 0.409. The molecular formula is C22H25ClN4OS. The second-order valence-electron chi connectivity index (χ2n) is 7.67. The van der Waals surface area contributed by atoms with Crippen LogP contribution in [-0.4, -0.2) is 29.0 Å². The number of aromatic nitrogens is 2. The third-order valence-corrected chi connectivity index (χ3v) is 7.30. The molecule has 1 atom stereocenters. The molecular weight excluding hydrogens is 404 g/mol. The quantitative estimate of drug-likeness (QED) is 0.631. The molecule has 5 nitrogen and oxygen atoms in total. The van der Waals surface area contributed by atoms with Gasteiger partial charge in [0.15, 0.2) is 0 Å². The van der Waals surface area contributed by atoms with Crippen LogP contribution in [0.1, 0.15) is 41.8 Å². The molecule has 0 radical (unpaired) electrons. The molecule has 152 valence electrons. The van der Waals surface area contributed by atoms with Crippen molar-refractivity contribution in [1.82, 2.24) is 15.3 Å². The number of nitrogens with one attached hydrogen (secondary N) is 1. The number of hydrogen-bond acceptors (Lipinski definition) is 5. The number of thiophene rings is 1. The summed E-state index contributed by atoms with van der Waals surface area (Å²) in [4.78, 5) is 26.4. The Morgan fingerprint density at radius 2 is 1.97 bits per heavy atom. The first-order valence-corrected chi connectivity index (χ1v) is 11.2. The number of amides is 1. The van der Waals surface area contributed by atoms with E-state index in [0.717, 1.165) is 47.5 Å². The summed E-state index contributed by atoms with van der Waals surface area (Å²) >= 11 is 7.98. The first kappa shape index (κ1) is 20.1. The Morgan fingerprint density at radius 3 is 2.69 bits per heavy atom. The molecule has 1 unspecified atom stereocenters. The fourth-order valence-corrected chi connectivity index (χ4v) is 5.28. The van der Waals surface area contributed by atoms with Gasteiger partial charge in [0, 0.05) is 28.9 Å². The Kier molecular flexibility index (Phi) is 5.74. The number of benzene rings is 1. The summed E-state index contributed by atoms with van der Waals surface area (Å²) in [6, 6.07) is 7.55. The SMILES string of the molecule is Cc1sc2ncnc(N3CCC(C(=O)NC(C)c4ccccc4Cl)CC3)c2c1C. The van der Waals surface area contributed by atoms with Crippen molar-refractivity contribution >= 4 is 44.9 Å². The zero-order valence-electron chi connectivity index (χ0n) is 16.9. The maximum absolute atomic E-state index is 12.8. The van der Waals surface area contributed by atoms with Gasteiger partial charge in [-0.05, 0) is 50.8 Å². The van der Waals surface area contributed by atoms with Gasteiger partial charge in [0.1, 0.15) is 17.0 Å². The van der Waals surface area contributed by atoms with Crippen LogP contribution in [-0.2, 0) is 4.79 Å². The smallest absolute Gasteiger partial charge is 0.223 e. The summed E-state index contributed by atoms with van der Waals surface area (Å²) in [5, 5.41) is 4.98. The number of aryl methyl sites for hydroxylation is 2. The molecule has 1 amide bonds. The largest absolute Gasteiger partial charge is 0.356 e. The zero-order chi connectivity index (χ0) is 20.5. The molecule has 0 aliphatic carbocycles. The maximum Gasteiger partial charge on any atom is 0.223 e. The number of carbonyl (C=O) groups excluding carboxylic acids is 1. The lowest BCUT2D eigenvalue weighted by Gasteiger charge is -2.33. The first-order chi connectivity index (χ1) is 14.0. The Morgan fingerprint density at radius 1 is 1.24 bits per heavy atom. The molecule has 1 fully saturated rings. The van der Waals surface area contributed by atoms with Crippen molar-refractivity contribution in [2.75, 3.05) is 18.0 Å². The summed E-state index contributed by atoms with van der Waals surface area (Å²) in [6.45, 7) is 7.88. The predicted octanol–water partition coefficient (Wildman–Crippen LogP) is 5.06. The van der Waals surface area contributed by atoms with Crippen molar-refractivity contribution in [2.45, 2.75) is 39.7 Å². The van der Waals surface area contributed by atoms with E-state index in [9.17, 15) is 4.79 Å². The summed E-state index contributed by atoms with van der Waals surface area (Å²) in [6.07, 6.45) is 3.28. The van der Waals surface area contributed by atoms with E-state index in [0.29, 0.717) is 5.02 Å². The molecule has 2 aromatic heterocycles. The number of piperidine rings is 1. The number of fused-ring (bicyclic) bond motifs is 1. The van der Waals surface area contributed by atoms with E-state index < -0.39 is 0 Å². The van der Waals surface area contributed by atoms with Crippen LogP contribution in [0, 0.1) is 19.8 Å². The van der Waals surface area contributed by atoms with Crippen molar-refractivity contribution in [3.05, 3.63) is 51.6 Å². The fourth-order valence-electron chi connectivity index (χ4n) is 3.99. The Balaban J connectivity index is 1.42. The van der Waals surface area contributed by atoms with E-state index in [1.54, 1.807) is 17.7 Å². The molecule has 7 heteroatoms. The summed E-state index contributed by atoms with van der Waals surface area (Å²) in [5.41, 5.74) is 2.21. The van der Waals surface area contributed by atoms with Crippen LogP contribution in [0.3, 0.4) is 0 Å². The van der Waals surface area contributed by atoms with Gasteiger partial charge in [-0.15, -0.1) is 11.3 Å². The van der Waals surface area contributed by atoms with E-state index in [2.05, 4.69) is 34.0 Å². The lowest BCUT2D eigenvalue weighted by molar-refractivity contribution is -0.126. The number of nitrogens with zero attached hydrogens (tertiary/aromatic N) is 3. The second-order valence-corrected chi connectivity index (χ2v) is 9.28. The Hall–Kier alpha value is -2.18. The summed E-state index contributed by atoms with van der Waals surface area (Å²) in [5.74, 6) is 1.12. The molecule has 4 rings (SSSR count). The van der Waals surface area contributed by atoms with Gasteiger partial charge in [0.2, 0.25) is 5.91 Å². The molecule has 1 aliphatic rings. The lowest BCUT2D eigenvalue weighted by Crippen LogP contribution is -2.41. The van der Waals surface area contributed by atoms with Crippen LogP contribution in [0.5, 0.6) is 0 Å². The molecule has 1 aromatic carbocycles. The van der Waals surface area contributed by atoms with Gasteiger partial charge >= 0.3 is 0 Å². The third-order valence-electron chi connectivity index (χ3n) is 5.84. The summed E-state index contributed by atoms with van der Waals surface area (Å²) in [7, 11) is 0. The van der Waals surface area contributed by atoms with E-state index in [1.807, 2.05) is 31.2 Å². The molecule has 1 aliphatic heterocycles. The minimum absolute atomic E-state index is 0.0128. The van der Waals surface area contributed by atoms with Gasteiger partial charge in [-0.2, -0.15) is 0 Å². The molecule has 0 bridgehead atoms. The highest BCUT2D eigenvalue weighted by Gasteiger charge is 2.28. The highest BCUT2D eigenvalue weighted by atomic mass is 35.5. The molecule has 29 heavy (non-hydrogen) atoms. The second kappa shape index (κ2) is 8.28. The van der Waals surface area contributed by atoms with Crippen LogP contribution in [0.25, 0.3) is 10.2 Å². The van der Waals surface area contributed by atoms with Crippen molar-refractivity contribution in [2.24, 2.45) is 5.92 Å². The Labute approximate surface area is 180 Å². The minimum Gasteiger partial charge on any atom is -0.356 e. The van der Waals surface area contributed by atoms with Gasteiger partial charge in [0.25, 0.3) is 0 Å². The van der Waals surface area contributed by atoms with Crippen molar-refractivity contribution in [1.29, 1.82) is 0 Å². The molecule has 1 N–H and O–H groups in total. The van der Waals surface area contributed by atoms with E-state index in [-0.39, 0.29) is 17.9 Å². The van der Waals surface area contributed by atoms with Gasteiger partial charge < -0.3 is 10.2 Å². The van der Waals surface area contributed by atoms with Crippen molar-refractivity contribution in [3.63, 3.8) is 0 Å². The average molecular weight is 429 g/mol. The van der Waals surface area contributed by atoms with Gasteiger partial charge in [0.05, 0.1) is 11.4 Å². The highest BCUT2D eigenvalue weighted by molar-refractivity contribution is 7.18. The maximum atomic E-state index is 12.8. The van der Waals surface area contributed by atoms with Crippen LogP contribution in [0.2, 0.25) is 5.02 Å². The number of halogens is 1. The van der Waals surface area contributed by atoms with E-state index >= 15 is 0 Å². The Bertz CT molecular complexity index is 1040. The number of rotatable bonds is 4. The molecule has 1 saturated heterocycles. The topological polar surface area (TPSA) is 58.1 Å². The minimum atomic E-state index is -0.104. The van der Waals surface area contributed by atoms with E-state index in [4.69, 9.17) is 11.6 Å². The van der Waals surface area contributed by atoms with Gasteiger partial charge in [-0.25, -0.2) is 9.97 Å². The molecule has 0 saturated carbocycles. The number of anilines is 1. The van der Waals surface area contributed by atoms with Gasteiger partial charge in [-0.3, -0.25) is 4.79 Å².